The van der Waals surface area contributed by atoms with Crippen molar-refractivity contribution in [3.8, 4) is 6.07 Å². The van der Waals surface area contributed by atoms with Crippen LogP contribution in [0.3, 0.4) is 0 Å². The molecule has 1 fully saturated rings. The first kappa shape index (κ1) is 18.6. The molecule has 0 bridgehead atoms. The number of hydrogen-bond acceptors (Lipinski definition) is 3. The molecule has 2 aromatic carbocycles. The maximum Gasteiger partial charge on any atom is 0.254 e. The summed E-state index contributed by atoms with van der Waals surface area (Å²) in [5.74, 6) is -0.589. The lowest BCUT2D eigenvalue weighted by Gasteiger charge is -2.35. The van der Waals surface area contributed by atoms with Crippen LogP contribution >= 0.6 is 0 Å². The van der Waals surface area contributed by atoms with Gasteiger partial charge in [0.1, 0.15) is 5.82 Å². The molecule has 0 N–H and O–H groups in total. The molecule has 138 valence electrons. The number of carbonyl (C=O) groups excluding carboxylic acids is 2. The van der Waals surface area contributed by atoms with Gasteiger partial charge in [-0.2, -0.15) is 5.26 Å². The molecule has 5 nitrogen and oxygen atoms in total. The highest BCUT2D eigenvalue weighted by atomic mass is 19.1. The van der Waals surface area contributed by atoms with Gasteiger partial charge in [-0.25, -0.2) is 4.39 Å². The molecular weight excluding hydrogens is 345 g/mol. The maximum atomic E-state index is 13.3. The highest BCUT2D eigenvalue weighted by Crippen LogP contribution is 2.12. The number of hydrogen-bond donors (Lipinski definition) is 0. The first-order chi connectivity index (χ1) is 13.1. The van der Waals surface area contributed by atoms with E-state index in [0.717, 1.165) is 5.56 Å². The molecule has 0 radical (unpaired) electrons. The van der Waals surface area contributed by atoms with Gasteiger partial charge >= 0.3 is 0 Å². The van der Waals surface area contributed by atoms with Crippen molar-refractivity contribution in [1.29, 1.82) is 5.26 Å². The number of rotatable bonds is 4. The summed E-state index contributed by atoms with van der Waals surface area (Å²) in [5.41, 5.74) is 1.95. The van der Waals surface area contributed by atoms with Gasteiger partial charge in [-0.3, -0.25) is 9.59 Å². The Kier molecular flexibility index (Phi) is 5.82. The van der Waals surface area contributed by atoms with Crippen LogP contribution < -0.4 is 0 Å². The van der Waals surface area contributed by atoms with Crippen LogP contribution in [-0.2, 0) is 11.2 Å². The van der Waals surface area contributed by atoms with E-state index in [4.69, 9.17) is 5.26 Å². The van der Waals surface area contributed by atoms with Crippen molar-refractivity contribution in [1.82, 2.24) is 9.80 Å². The van der Waals surface area contributed by atoms with E-state index < -0.39 is 5.82 Å². The lowest BCUT2D eigenvalue weighted by molar-refractivity contribution is -0.132. The average molecular weight is 365 g/mol. The molecule has 0 saturated carbocycles. The summed E-state index contributed by atoms with van der Waals surface area (Å²) in [5, 5.41) is 8.81. The summed E-state index contributed by atoms with van der Waals surface area (Å²) in [6, 6.07) is 14.9. The zero-order valence-corrected chi connectivity index (χ0v) is 14.9. The molecule has 0 atom stereocenters. The Hall–Kier alpha value is -3.20. The summed E-state index contributed by atoms with van der Waals surface area (Å²) in [4.78, 5) is 28.2. The zero-order chi connectivity index (χ0) is 19.2. The first-order valence-electron chi connectivity index (χ1n) is 8.88. The van der Waals surface area contributed by atoms with Crippen molar-refractivity contribution >= 4 is 11.8 Å². The van der Waals surface area contributed by atoms with Crippen molar-refractivity contribution in [3.63, 3.8) is 0 Å². The molecule has 1 heterocycles. The minimum Gasteiger partial charge on any atom is -0.339 e. The molecule has 0 spiro atoms. The Balaban J connectivity index is 1.48. The molecule has 0 aromatic heterocycles. The number of aryl methyl sites for hydroxylation is 1. The second-order valence-electron chi connectivity index (χ2n) is 6.49. The largest absolute Gasteiger partial charge is 0.339 e. The molecule has 1 saturated heterocycles. The fourth-order valence-electron chi connectivity index (χ4n) is 3.12. The van der Waals surface area contributed by atoms with E-state index in [1.54, 1.807) is 28.0 Å². The van der Waals surface area contributed by atoms with Crippen LogP contribution in [0.4, 0.5) is 4.39 Å². The number of nitriles is 1. The van der Waals surface area contributed by atoms with Gasteiger partial charge in [0.25, 0.3) is 5.91 Å². The number of carbonyl (C=O) groups is 2. The number of nitrogens with zero attached hydrogens (tertiary/aromatic N) is 3. The van der Waals surface area contributed by atoms with Crippen molar-refractivity contribution in [2.24, 2.45) is 0 Å². The average Bonchev–Trinajstić information content (AvgIpc) is 2.72. The number of piperazine rings is 1. The van der Waals surface area contributed by atoms with Crippen molar-refractivity contribution in [2.75, 3.05) is 26.2 Å². The molecule has 0 aliphatic carbocycles. The first-order valence-corrected chi connectivity index (χ1v) is 8.88. The van der Waals surface area contributed by atoms with Crippen LogP contribution in [0.5, 0.6) is 0 Å². The predicted molar refractivity (Wildman–Crippen MR) is 98.4 cm³/mol. The SMILES string of the molecule is N#Cc1ccc(CCC(=O)N2CCN(C(=O)c3cccc(F)c3)CC2)cc1. The topological polar surface area (TPSA) is 64.4 Å². The summed E-state index contributed by atoms with van der Waals surface area (Å²) in [6.45, 7) is 1.84. The molecule has 27 heavy (non-hydrogen) atoms. The molecular formula is C21H20FN3O2. The van der Waals surface area contributed by atoms with Crippen LogP contribution in [0.1, 0.15) is 27.9 Å². The normalized spacial score (nSPS) is 13.9. The highest BCUT2D eigenvalue weighted by molar-refractivity contribution is 5.94. The minimum atomic E-state index is -0.433. The fourth-order valence-corrected chi connectivity index (χ4v) is 3.12. The van der Waals surface area contributed by atoms with E-state index in [1.165, 1.54) is 18.2 Å². The van der Waals surface area contributed by atoms with E-state index in [9.17, 15) is 14.0 Å². The maximum absolute atomic E-state index is 13.3. The molecule has 3 rings (SSSR count). The summed E-state index contributed by atoms with van der Waals surface area (Å²) < 4.78 is 13.3. The fraction of sp³-hybridized carbons (Fsp3) is 0.286. The van der Waals surface area contributed by atoms with Crippen LogP contribution in [-0.4, -0.2) is 47.8 Å². The van der Waals surface area contributed by atoms with E-state index in [0.29, 0.717) is 50.1 Å². The van der Waals surface area contributed by atoms with Gasteiger partial charge in [0.05, 0.1) is 11.6 Å². The Morgan fingerprint density at radius 2 is 1.67 bits per heavy atom. The smallest absolute Gasteiger partial charge is 0.254 e. The van der Waals surface area contributed by atoms with Crippen molar-refractivity contribution < 1.29 is 14.0 Å². The number of amides is 2. The van der Waals surface area contributed by atoms with Gasteiger partial charge in [-0.05, 0) is 42.3 Å². The molecule has 0 unspecified atom stereocenters. The molecule has 1 aliphatic heterocycles. The Morgan fingerprint density at radius 1 is 1.00 bits per heavy atom. The van der Waals surface area contributed by atoms with Gasteiger partial charge in [0.15, 0.2) is 0 Å². The van der Waals surface area contributed by atoms with Gasteiger partial charge in [0, 0.05) is 38.2 Å². The second kappa shape index (κ2) is 8.45. The molecule has 6 heteroatoms. The number of benzene rings is 2. The Bertz CT molecular complexity index is 866. The third-order valence-electron chi connectivity index (χ3n) is 4.70. The Morgan fingerprint density at radius 3 is 2.30 bits per heavy atom. The highest BCUT2D eigenvalue weighted by Gasteiger charge is 2.24. The van der Waals surface area contributed by atoms with Gasteiger partial charge in [-0.15, -0.1) is 0 Å². The van der Waals surface area contributed by atoms with Gasteiger partial charge in [-0.1, -0.05) is 18.2 Å². The van der Waals surface area contributed by atoms with Crippen LogP contribution in [0.2, 0.25) is 0 Å². The zero-order valence-electron chi connectivity index (χ0n) is 14.9. The molecule has 2 amide bonds. The minimum absolute atomic E-state index is 0.0530. The second-order valence-corrected chi connectivity index (χ2v) is 6.49. The van der Waals surface area contributed by atoms with E-state index in [2.05, 4.69) is 6.07 Å². The summed E-state index contributed by atoms with van der Waals surface area (Å²) in [6.07, 6.45) is 1.01. The van der Waals surface area contributed by atoms with Crippen LogP contribution in [0, 0.1) is 17.1 Å². The third kappa shape index (κ3) is 4.70. The van der Waals surface area contributed by atoms with Crippen LogP contribution in [0.25, 0.3) is 0 Å². The standard InChI is InChI=1S/C21H20FN3O2/c22-19-3-1-2-18(14-19)21(27)25-12-10-24(11-13-25)20(26)9-8-16-4-6-17(15-23)7-5-16/h1-7,14H,8-13H2. The lowest BCUT2D eigenvalue weighted by atomic mass is 10.1. The van der Waals surface area contributed by atoms with E-state index in [-0.39, 0.29) is 11.8 Å². The Labute approximate surface area is 157 Å². The van der Waals surface area contributed by atoms with Crippen molar-refractivity contribution in [2.45, 2.75) is 12.8 Å². The van der Waals surface area contributed by atoms with E-state index >= 15 is 0 Å². The monoisotopic (exact) mass is 365 g/mol. The quantitative estimate of drug-likeness (QED) is 0.837. The van der Waals surface area contributed by atoms with Crippen LogP contribution in [0.15, 0.2) is 48.5 Å². The summed E-state index contributed by atoms with van der Waals surface area (Å²) in [7, 11) is 0. The lowest BCUT2D eigenvalue weighted by Crippen LogP contribution is -2.50. The predicted octanol–water partition coefficient (Wildman–Crippen LogP) is 2.61. The van der Waals surface area contributed by atoms with Gasteiger partial charge in [0.2, 0.25) is 5.91 Å². The third-order valence-corrected chi connectivity index (χ3v) is 4.70. The number of halogens is 1. The molecule has 1 aliphatic rings. The van der Waals surface area contributed by atoms with Crippen molar-refractivity contribution in [3.05, 3.63) is 71.0 Å². The van der Waals surface area contributed by atoms with E-state index in [1.807, 2.05) is 12.1 Å². The summed E-state index contributed by atoms with van der Waals surface area (Å²) >= 11 is 0. The molecule has 2 aromatic rings. The van der Waals surface area contributed by atoms with Gasteiger partial charge < -0.3 is 9.80 Å².